The summed E-state index contributed by atoms with van der Waals surface area (Å²) in [5, 5.41) is 0. The summed E-state index contributed by atoms with van der Waals surface area (Å²) in [4.78, 5) is 17.2. The van der Waals surface area contributed by atoms with Crippen molar-refractivity contribution in [2.45, 2.75) is 37.8 Å². The first-order chi connectivity index (χ1) is 11.2. The number of nitrogens with zero attached hydrogens (tertiary/aromatic N) is 2. The summed E-state index contributed by atoms with van der Waals surface area (Å²) in [6, 6.07) is 8.51. The molecule has 2 aliphatic rings. The molecule has 0 aliphatic carbocycles. The number of rotatable bonds is 3. The zero-order valence-electron chi connectivity index (χ0n) is 13.7. The molecule has 0 aromatic heterocycles. The highest BCUT2D eigenvalue weighted by Crippen LogP contribution is 2.23. The number of benzene rings is 1. The molecule has 2 fully saturated rings. The average molecular weight is 428 g/mol. The monoisotopic (exact) mass is 428 g/mol. The van der Waals surface area contributed by atoms with Crippen molar-refractivity contribution >= 4 is 28.5 Å². The van der Waals surface area contributed by atoms with Crippen LogP contribution in [0.5, 0.6) is 0 Å². The SMILES string of the molecule is COC1CCN(C2CCN(C(=O)c3cccc(I)c3)CC2)CC1. The Kier molecular flexibility index (Phi) is 5.93. The van der Waals surface area contributed by atoms with Crippen molar-refractivity contribution in [3.8, 4) is 0 Å². The van der Waals surface area contributed by atoms with Gasteiger partial charge in [-0.25, -0.2) is 0 Å². The topological polar surface area (TPSA) is 32.8 Å². The molecule has 1 aromatic rings. The van der Waals surface area contributed by atoms with Crippen LogP contribution in [-0.4, -0.2) is 61.1 Å². The van der Waals surface area contributed by atoms with E-state index in [1.165, 1.54) is 0 Å². The highest BCUT2D eigenvalue weighted by molar-refractivity contribution is 14.1. The van der Waals surface area contributed by atoms with Crippen LogP contribution in [0.4, 0.5) is 0 Å². The zero-order chi connectivity index (χ0) is 16.2. The van der Waals surface area contributed by atoms with Crippen LogP contribution < -0.4 is 0 Å². The molecule has 5 heteroatoms. The lowest BCUT2D eigenvalue weighted by Crippen LogP contribution is -2.49. The fourth-order valence-corrected chi connectivity index (χ4v) is 4.26. The fraction of sp³-hybridized carbons (Fsp3) is 0.611. The van der Waals surface area contributed by atoms with Gasteiger partial charge in [-0.15, -0.1) is 0 Å². The van der Waals surface area contributed by atoms with Gasteiger partial charge in [-0.1, -0.05) is 6.07 Å². The van der Waals surface area contributed by atoms with Gasteiger partial charge in [0.2, 0.25) is 0 Å². The van der Waals surface area contributed by atoms with Crippen LogP contribution in [-0.2, 0) is 4.74 Å². The van der Waals surface area contributed by atoms with E-state index in [9.17, 15) is 4.79 Å². The highest BCUT2D eigenvalue weighted by Gasteiger charge is 2.29. The van der Waals surface area contributed by atoms with Gasteiger partial charge in [0.15, 0.2) is 0 Å². The van der Waals surface area contributed by atoms with Crippen molar-refractivity contribution in [3.63, 3.8) is 0 Å². The summed E-state index contributed by atoms with van der Waals surface area (Å²) in [5.41, 5.74) is 0.816. The van der Waals surface area contributed by atoms with Gasteiger partial charge in [0.1, 0.15) is 0 Å². The Morgan fingerprint density at radius 2 is 1.83 bits per heavy atom. The second-order valence-corrected chi connectivity index (χ2v) is 7.75. The molecule has 3 rings (SSSR count). The molecule has 4 nitrogen and oxygen atoms in total. The molecule has 0 bridgehead atoms. The van der Waals surface area contributed by atoms with Gasteiger partial charge in [-0.05, 0) is 66.5 Å². The van der Waals surface area contributed by atoms with E-state index in [4.69, 9.17) is 4.74 Å². The van der Waals surface area contributed by atoms with Crippen LogP contribution in [0.3, 0.4) is 0 Å². The molecular formula is C18H25IN2O2. The van der Waals surface area contributed by atoms with Crippen LogP contribution in [0.1, 0.15) is 36.0 Å². The van der Waals surface area contributed by atoms with E-state index < -0.39 is 0 Å². The minimum Gasteiger partial charge on any atom is -0.381 e. The van der Waals surface area contributed by atoms with Crippen LogP contribution in [0.25, 0.3) is 0 Å². The lowest BCUT2D eigenvalue weighted by atomic mass is 9.98. The smallest absolute Gasteiger partial charge is 0.253 e. The van der Waals surface area contributed by atoms with Gasteiger partial charge in [0.25, 0.3) is 5.91 Å². The quantitative estimate of drug-likeness (QED) is 0.695. The van der Waals surface area contributed by atoms with Gasteiger partial charge >= 0.3 is 0 Å². The number of carbonyl (C=O) groups excluding carboxylic acids is 1. The summed E-state index contributed by atoms with van der Waals surface area (Å²) in [7, 11) is 1.81. The summed E-state index contributed by atoms with van der Waals surface area (Å²) in [5.74, 6) is 0.181. The lowest BCUT2D eigenvalue weighted by Gasteiger charge is -2.41. The highest BCUT2D eigenvalue weighted by atomic mass is 127. The second kappa shape index (κ2) is 7.94. The molecule has 1 aromatic carbocycles. The van der Waals surface area contributed by atoms with Gasteiger partial charge in [-0.3, -0.25) is 4.79 Å². The Morgan fingerprint density at radius 1 is 1.13 bits per heavy atom. The number of ether oxygens (including phenoxy) is 1. The second-order valence-electron chi connectivity index (χ2n) is 6.50. The van der Waals surface area contributed by atoms with E-state index >= 15 is 0 Å². The molecule has 0 unspecified atom stereocenters. The van der Waals surface area contributed by atoms with Crippen LogP contribution in [0.15, 0.2) is 24.3 Å². The van der Waals surface area contributed by atoms with E-state index in [0.717, 1.165) is 61.0 Å². The molecule has 1 amide bonds. The predicted molar refractivity (Wildman–Crippen MR) is 99.7 cm³/mol. The molecule has 2 aliphatic heterocycles. The summed E-state index contributed by atoms with van der Waals surface area (Å²) < 4.78 is 6.57. The van der Waals surface area contributed by atoms with Crippen LogP contribution in [0, 0.1) is 3.57 Å². The molecule has 0 atom stereocenters. The van der Waals surface area contributed by atoms with Gasteiger partial charge in [0.05, 0.1) is 6.10 Å². The maximum atomic E-state index is 12.6. The Hall–Kier alpha value is -0.660. The van der Waals surface area contributed by atoms with Crippen molar-refractivity contribution in [2.75, 3.05) is 33.3 Å². The van der Waals surface area contributed by atoms with Gasteiger partial charge in [-0.2, -0.15) is 0 Å². The van der Waals surface area contributed by atoms with Crippen molar-refractivity contribution in [1.29, 1.82) is 0 Å². The summed E-state index contributed by atoms with van der Waals surface area (Å²) in [6.45, 7) is 4.01. The molecule has 0 N–H and O–H groups in total. The Balaban J connectivity index is 1.51. The first-order valence-corrected chi connectivity index (χ1v) is 9.57. The Morgan fingerprint density at radius 3 is 2.43 bits per heavy atom. The largest absolute Gasteiger partial charge is 0.381 e. The molecule has 0 spiro atoms. The molecule has 23 heavy (non-hydrogen) atoms. The Labute approximate surface area is 152 Å². The third-order valence-corrected chi connectivity index (χ3v) is 5.82. The minimum atomic E-state index is 0.181. The van der Waals surface area contributed by atoms with E-state index in [1.54, 1.807) is 0 Å². The van der Waals surface area contributed by atoms with Crippen LogP contribution in [0.2, 0.25) is 0 Å². The number of amides is 1. The molecule has 2 saturated heterocycles. The van der Waals surface area contributed by atoms with E-state index in [1.807, 2.05) is 36.3 Å². The third kappa shape index (κ3) is 4.25. The van der Waals surface area contributed by atoms with E-state index in [2.05, 4.69) is 27.5 Å². The first kappa shape index (κ1) is 17.2. The first-order valence-electron chi connectivity index (χ1n) is 8.49. The number of hydrogen-bond acceptors (Lipinski definition) is 3. The zero-order valence-corrected chi connectivity index (χ0v) is 15.9. The molecular weight excluding hydrogens is 403 g/mol. The average Bonchev–Trinajstić information content (AvgIpc) is 2.61. The Bertz CT molecular complexity index is 536. The molecule has 2 heterocycles. The third-order valence-electron chi connectivity index (χ3n) is 5.15. The maximum absolute atomic E-state index is 12.6. The summed E-state index contributed by atoms with van der Waals surface area (Å²) >= 11 is 2.26. The van der Waals surface area contributed by atoms with Gasteiger partial charge in [0, 0.05) is 48.5 Å². The minimum absolute atomic E-state index is 0.181. The summed E-state index contributed by atoms with van der Waals surface area (Å²) in [6.07, 6.45) is 4.89. The maximum Gasteiger partial charge on any atom is 0.253 e. The van der Waals surface area contributed by atoms with Crippen molar-refractivity contribution in [2.24, 2.45) is 0 Å². The lowest BCUT2D eigenvalue weighted by molar-refractivity contribution is 0.0145. The number of hydrogen-bond donors (Lipinski definition) is 0. The fourth-order valence-electron chi connectivity index (χ4n) is 3.71. The predicted octanol–water partition coefficient (Wildman–Crippen LogP) is 3.01. The van der Waals surface area contributed by atoms with Crippen molar-refractivity contribution < 1.29 is 9.53 Å². The number of likely N-dealkylation sites (tertiary alicyclic amines) is 2. The van der Waals surface area contributed by atoms with Gasteiger partial charge < -0.3 is 14.5 Å². The molecule has 126 valence electrons. The van der Waals surface area contributed by atoms with Crippen molar-refractivity contribution in [1.82, 2.24) is 9.80 Å². The van der Waals surface area contributed by atoms with E-state index in [-0.39, 0.29) is 5.91 Å². The number of halogens is 1. The molecule has 0 radical (unpaired) electrons. The molecule has 0 saturated carbocycles. The van der Waals surface area contributed by atoms with Crippen molar-refractivity contribution in [3.05, 3.63) is 33.4 Å². The van der Waals surface area contributed by atoms with E-state index in [0.29, 0.717) is 12.1 Å². The standard InChI is InChI=1S/C18H25IN2O2/c1-23-17-7-11-20(12-8-17)16-5-9-21(10-6-16)18(22)14-3-2-4-15(19)13-14/h2-4,13,16-17H,5-12H2,1H3. The normalized spacial score (nSPS) is 21.6. The number of piperidine rings is 2. The van der Waals surface area contributed by atoms with Crippen LogP contribution >= 0.6 is 22.6 Å². The number of methoxy groups -OCH3 is 1. The number of carbonyl (C=O) groups is 1.